The number of rotatable bonds is 5. The highest BCUT2D eigenvalue weighted by Crippen LogP contribution is 2.27. The minimum Gasteiger partial charge on any atom is -0.393 e. The number of amides is 1. The Balaban J connectivity index is 2.16. The van der Waals surface area contributed by atoms with E-state index in [4.69, 9.17) is 5.11 Å². The zero-order chi connectivity index (χ0) is 11.3. The quantitative estimate of drug-likeness (QED) is 0.732. The molecule has 2 N–H and O–H groups in total. The van der Waals surface area contributed by atoms with Gasteiger partial charge in [0.15, 0.2) is 0 Å². The van der Waals surface area contributed by atoms with E-state index in [1.54, 1.807) is 6.92 Å². The molecule has 0 aliphatic heterocycles. The van der Waals surface area contributed by atoms with Gasteiger partial charge < -0.3 is 10.4 Å². The van der Waals surface area contributed by atoms with Gasteiger partial charge in [-0.2, -0.15) is 0 Å². The third-order valence-electron chi connectivity index (χ3n) is 3.05. The van der Waals surface area contributed by atoms with Gasteiger partial charge in [-0.25, -0.2) is 0 Å². The van der Waals surface area contributed by atoms with Crippen LogP contribution < -0.4 is 5.32 Å². The average Bonchev–Trinajstić information content (AvgIpc) is 2.53. The van der Waals surface area contributed by atoms with E-state index in [2.05, 4.69) is 5.32 Å². The van der Waals surface area contributed by atoms with Crippen LogP contribution in [0, 0.1) is 5.92 Å². The van der Waals surface area contributed by atoms with Gasteiger partial charge in [-0.3, -0.25) is 4.79 Å². The van der Waals surface area contributed by atoms with Crippen molar-refractivity contribution in [2.75, 3.05) is 0 Å². The lowest BCUT2D eigenvalue weighted by Crippen LogP contribution is -2.35. The topological polar surface area (TPSA) is 49.3 Å². The molecular weight excluding hydrogens is 190 g/mol. The first-order valence-electron chi connectivity index (χ1n) is 6.05. The molecule has 0 aromatic carbocycles. The molecule has 88 valence electrons. The Labute approximate surface area is 92.3 Å². The number of hydrogen-bond donors (Lipinski definition) is 2. The maximum absolute atomic E-state index is 11.6. The molecule has 1 fully saturated rings. The van der Waals surface area contributed by atoms with Crippen molar-refractivity contribution in [3.63, 3.8) is 0 Å². The molecule has 2 unspecified atom stereocenters. The van der Waals surface area contributed by atoms with Gasteiger partial charge in [-0.15, -0.1) is 0 Å². The Morgan fingerprint density at radius 3 is 2.53 bits per heavy atom. The first-order valence-corrected chi connectivity index (χ1v) is 6.05. The molecule has 0 saturated heterocycles. The Kier molecular flexibility index (Phi) is 5.09. The van der Waals surface area contributed by atoms with Crippen molar-refractivity contribution in [1.82, 2.24) is 5.32 Å². The zero-order valence-corrected chi connectivity index (χ0v) is 9.83. The smallest absolute Gasteiger partial charge is 0.220 e. The minimum absolute atomic E-state index is 0.0823. The highest BCUT2D eigenvalue weighted by molar-refractivity contribution is 5.76. The molecule has 1 amide bonds. The summed E-state index contributed by atoms with van der Waals surface area (Å²) in [5, 5.41) is 12.1. The molecular formula is C12H23NO2. The molecule has 3 nitrogen and oxygen atoms in total. The second-order valence-corrected chi connectivity index (χ2v) is 4.91. The predicted molar refractivity (Wildman–Crippen MR) is 60.5 cm³/mol. The predicted octanol–water partition coefficient (Wildman–Crippen LogP) is 1.84. The Bertz CT molecular complexity index is 198. The molecule has 0 spiro atoms. The lowest BCUT2D eigenvalue weighted by Gasteiger charge is -2.16. The van der Waals surface area contributed by atoms with Crippen molar-refractivity contribution in [2.45, 2.75) is 64.5 Å². The molecule has 0 heterocycles. The number of hydrogen-bond acceptors (Lipinski definition) is 2. The number of aliphatic hydroxyl groups excluding tert-OH is 1. The molecule has 1 aliphatic rings. The first kappa shape index (κ1) is 12.5. The second-order valence-electron chi connectivity index (χ2n) is 4.91. The fraction of sp³-hybridized carbons (Fsp3) is 0.917. The van der Waals surface area contributed by atoms with Crippen LogP contribution in [-0.4, -0.2) is 23.2 Å². The first-order chi connectivity index (χ1) is 7.08. The summed E-state index contributed by atoms with van der Waals surface area (Å²) in [5.41, 5.74) is 0. The largest absolute Gasteiger partial charge is 0.393 e. The fourth-order valence-corrected chi connectivity index (χ4v) is 2.38. The van der Waals surface area contributed by atoms with Gasteiger partial charge in [0.1, 0.15) is 0 Å². The van der Waals surface area contributed by atoms with Crippen LogP contribution in [0.25, 0.3) is 0 Å². The Morgan fingerprint density at radius 1 is 1.40 bits per heavy atom. The molecule has 15 heavy (non-hydrogen) atoms. The molecule has 0 aromatic rings. The molecule has 0 radical (unpaired) electrons. The van der Waals surface area contributed by atoms with Crippen LogP contribution >= 0.6 is 0 Å². The summed E-state index contributed by atoms with van der Waals surface area (Å²) in [4.78, 5) is 11.6. The van der Waals surface area contributed by atoms with Crippen LogP contribution in [0.5, 0.6) is 0 Å². The summed E-state index contributed by atoms with van der Waals surface area (Å²) < 4.78 is 0. The zero-order valence-electron chi connectivity index (χ0n) is 9.83. The van der Waals surface area contributed by atoms with Crippen LogP contribution in [0.1, 0.15) is 52.4 Å². The number of nitrogens with one attached hydrogen (secondary N) is 1. The van der Waals surface area contributed by atoms with E-state index in [-0.39, 0.29) is 18.1 Å². The average molecular weight is 213 g/mol. The molecule has 1 rings (SSSR count). The maximum Gasteiger partial charge on any atom is 0.220 e. The Hall–Kier alpha value is -0.570. The summed E-state index contributed by atoms with van der Waals surface area (Å²) in [6, 6.07) is 0.0823. The summed E-state index contributed by atoms with van der Waals surface area (Å²) >= 11 is 0. The van der Waals surface area contributed by atoms with Crippen LogP contribution in [-0.2, 0) is 4.79 Å². The standard InChI is InChI=1S/C12H23NO2/c1-9(7-10(2)14)13-12(15)8-11-5-3-4-6-11/h9-11,14H,3-8H2,1-2H3,(H,13,15). The molecule has 2 atom stereocenters. The summed E-state index contributed by atoms with van der Waals surface area (Å²) in [6.45, 7) is 3.69. The van der Waals surface area contributed by atoms with Gasteiger partial charge >= 0.3 is 0 Å². The third kappa shape index (κ3) is 5.17. The van der Waals surface area contributed by atoms with Crippen LogP contribution in [0.2, 0.25) is 0 Å². The van der Waals surface area contributed by atoms with Crippen molar-refractivity contribution < 1.29 is 9.90 Å². The molecule has 3 heteroatoms. The van der Waals surface area contributed by atoms with Crippen LogP contribution in [0.15, 0.2) is 0 Å². The number of aliphatic hydroxyl groups is 1. The van der Waals surface area contributed by atoms with Crippen LogP contribution in [0.4, 0.5) is 0 Å². The highest BCUT2D eigenvalue weighted by Gasteiger charge is 2.19. The monoisotopic (exact) mass is 213 g/mol. The van der Waals surface area contributed by atoms with E-state index < -0.39 is 0 Å². The molecule has 1 saturated carbocycles. The van der Waals surface area contributed by atoms with Gasteiger partial charge in [0.05, 0.1) is 6.10 Å². The normalized spacial score (nSPS) is 21.3. The highest BCUT2D eigenvalue weighted by atomic mass is 16.3. The molecule has 0 aromatic heterocycles. The van der Waals surface area contributed by atoms with Crippen molar-refractivity contribution in [3.05, 3.63) is 0 Å². The van der Waals surface area contributed by atoms with Gasteiger partial charge in [0.2, 0.25) is 5.91 Å². The maximum atomic E-state index is 11.6. The van der Waals surface area contributed by atoms with E-state index in [1.165, 1.54) is 25.7 Å². The summed E-state index contributed by atoms with van der Waals surface area (Å²) in [7, 11) is 0. The lowest BCUT2D eigenvalue weighted by atomic mass is 10.0. The van der Waals surface area contributed by atoms with E-state index in [0.29, 0.717) is 18.8 Å². The second kappa shape index (κ2) is 6.11. The molecule has 1 aliphatic carbocycles. The lowest BCUT2D eigenvalue weighted by molar-refractivity contribution is -0.122. The van der Waals surface area contributed by atoms with Gasteiger partial charge in [-0.05, 0) is 39.0 Å². The Morgan fingerprint density at radius 2 is 2.00 bits per heavy atom. The van der Waals surface area contributed by atoms with Gasteiger partial charge in [0, 0.05) is 12.5 Å². The van der Waals surface area contributed by atoms with Gasteiger partial charge in [-0.1, -0.05) is 12.8 Å². The minimum atomic E-state index is -0.341. The molecule has 0 bridgehead atoms. The van der Waals surface area contributed by atoms with E-state index in [0.717, 1.165) is 0 Å². The van der Waals surface area contributed by atoms with Crippen molar-refractivity contribution in [2.24, 2.45) is 5.92 Å². The van der Waals surface area contributed by atoms with Crippen molar-refractivity contribution in [3.8, 4) is 0 Å². The number of carbonyl (C=O) groups is 1. The number of carbonyl (C=O) groups excluding carboxylic acids is 1. The van der Waals surface area contributed by atoms with Crippen molar-refractivity contribution in [1.29, 1.82) is 0 Å². The van der Waals surface area contributed by atoms with E-state index >= 15 is 0 Å². The van der Waals surface area contributed by atoms with Gasteiger partial charge in [0.25, 0.3) is 0 Å². The fourth-order valence-electron chi connectivity index (χ4n) is 2.38. The third-order valence-corrected chi connectivity index (χ3v) is 3.05. The summed E-state index contributed by atoms with van der Waals surface area (Å²) in [6.07, 6.45) is 5.94. The van der Waals surface area contributed by atoms with E-state index in [1.807, 2.05) is 6.92 Å². The summed E-state index contributed by atoms with van der Waals surface area (Å²) in [5.74, 6) is 0.749. The van der Waals surface area contributed by atoms with Crippen LogP contribution in [0.3, 0.4) is 0 Å². The van der Waals surface area contributed by atoms with E-state index in [9.17, 15) is 4.79 Å². The van der Waals surface area contributed by atoms with Crippen molar-refractivity contribution >= 4 is 5.91 Å². The SMILES string of the molecule is CC(O)CC(C)NC(=O)CC1CCCC1.